The molecule has 0 heterocycles. The molecule has 0 aliphatic heterocycles. The fourth-order valence-corrected chi connectivity index (χ4v) is 1.68. The number of rotatable bonds is 6. The number of nitrogens with zero attached hydrogens (tertiary/aromatic N) is 1. The minimum absolute atomic E-state index is 0.157. The van der Waals surface area contributed by atoms with Crippen LogP contribution in [0.4, 0.5) is 10.5 Å². The van der Waals surface area contributed by atoms with Gasteiger partial charge < -0.3 is 14.8 Å². The minimum Gasteiger partial charge on any atom is -0.434 e. The molecule has 0 saturated heterocycles. The van der Waals surface area contributed by atoms with Crippen molar-refractivity contribution >= 4 is 17.7 Å². The molecule has 8 nitrogen and oxygen atoms in total. The second-order valence-corrected chi connectivity index (χ2v) is 5.56. The van der Waals surface area contributed by atoms with E-state index in [-0.39, 0.29) is 42.8 Å². The Balaban J connectivity index is 2.80. The monoisotopic (exact) mass is 348 g/mol. The van der Waals surface area contributed by atoms with Gasteiger partial charge >= 0.3 is 6.16 Å². The average Bonchev–Trinajstić information content (AvgIpc) is 2.54. The summed E-state index contributed by atoms with van der Waals surface area (Å²) in [7, 11) is 0. The SMILES string of the molecule is CC(=O)NCC#Cc1ccc([N+](=O)[O-])c(COC(=O)OCC(C)C)c1. The molecule has 1 rings (SSSR count). The fraction of sp³-hybridized carbons (Fsp3) is 0.412. The van der Waals surface area contributed by atoms with Crippen LogP contribution < -0.4 is 5.32 Å². The standard InChI is InChI=1S/C17H20N2O6/c1-12(2)10-24-17(21)25-11-15-9-14(5-4-8-18-13(3)20)6-7-16(15)19(22)23/h6-7,9,12H,8,10-11H2,1-3H3,(H,18,20). The molecule has 0 unspecified atom stereocenters. The number of nitrogens with one attached hydrogen (secondary N) is 1. The lowest BCUT2D eigenvalue weighted by Gasteiger charge is -2.08. The van der Waals surface area contributed by atoms with Crippen molar-refractivity contribution in [2.75, 3.05) is 13.2 Å². The van der Waals surface area contributed by atoms with Crippen molar-refractivity contribution in [2.24, 2.45) is 5.92 Å². The maximum absolute atomic E-state index is 11.5. The van der Waals surface area contributed by atoms with Crippen molar-refractivity contribution in [1.82, 2.24) is 5.32 Å². The summed E-state index contributed by atoms with van der Waals surface area (Å²) in [4.78, 5) is 32.8. The number of nitro benzene ring substituents is 1. The van der Waals surface area contributed by atoms with Gasteiger partial charge in [-0.1, -0.05) is 25.7 Å². The number of carbonyl (C=O) groups is 2. The van der Waals surface area contributed by atoms with Crippen LogP contribution in [-0.4, -0.2) is 30.1 Å². The summed E-state index contributed by atoms with van der Waals surface area (Å²) in [5, 5.41) is 13.6. The summed E-state index contributed by atoms with van der Waals surface area (Å²) < 4.78 is 9.77. The molecule has 0 bridgehead atoms. The van der Waals surface area contributed by atoms with Gasteiger partial charge in [-0.05, 0) is 18.1 Å². The Hall–Kier alpha value is -3.08. The highest BCUT2D eigenvalue weighted by atomic mass is 16.7. The molecule has 25 heavy (non-hydrogen) atoms. The summed E-state index contributed by atoms with van der Waals surface area (Å²) in [5.74, 6) is 5.45. The number of benzene rings is 1. The Morgan fingerprint density at radius 3 is 2.64 bits per heavy atom. The van der Waals surface area contributed by atoms with Crippen LogP contribution in [0.3, 0.4) is 0 Å². The van der Waals surface area contributed by atoms with Crippen LogP contribution in [0.5, 0.6) is 0 Å². The van der Waals surface area contributed by atoms with Gasteiger partial charge in [-0.3, -0.25) is 14.9 Å². The van der Waals surface area contributed by atoms with Gasteiger partial charge in [0.1, 0.15) is 6.61 Å². The number of carbonyl (C=O) groups excluding carboxylic acids is 2. The second kappa shape index (κ2) is 9.93. The van der Waals surface area contributed by atoms with Crippen molar-refractivity contribution in [3.8, 4) is 11.8 Å². The van der Waals surface area contributed by atoms with Crippen LogP contribution in [0.1, 0.15) is 31.9 Å². The third kappa shape index (κ3) is 7.83. The molecular weight excluding hydrogens is 328 g/mol. The van der Waals surface area contributed by atoms with Gasteiger partial charge in [-0.25, -0.2) is 4.79 Å². The normalized spacial score (nSPS) is 9.76. The molecule has 8 heteroatoms. The molecule has 1 amide bonds. The molecule has 0 radical (unpaired) electrons. The maximum Gasteiger partial charge on any atom is 0.508 e. The fourth-order valence-electron chi connectivity index (χ4n) is 1.68. The van der Waals surface area contributed by atoms with Crippen molar-refractivity contribution in [3.05, 3.63) is 39.4 Å². The van der Waals surface area contributed by atoms with Crippen LogP contribution >= 0.6 is 0 Å². The summed E-state index contributed by atoms with van der Waals surface area (Å²) in [6.45, 7) is 5.20. The zero-order valence-corrected chi connectivity index (χ0v) is 14.3. The summed E-state index contributed by atoms with van der Waals surface area (Å²) >= 11 is 0. The van der Waals surface area contributed by atoms with Crippen molar-refractivity contribution in [3.63, 3.8) is 0 Å². The highest BCUT2D eigenvalue weighted by Crippen LogP contribution is 2.21. The Kier molecular flexibility index (Phi) is 7.93. The van der Waals surface area contributed by atoms with Gasteiger partial charge in [0, 0.05) is 18.6 Å². The van der Waals surface area contributed by atoms with Gasteiger partial charge in [0.2, 0.25) is 5.91 Å². The number of nitro groups is 1. The molecule has 1 N–H and O–H groups in total. The highest BCUT2D eigenvalue weighted by Gasteiger charge is 2.16. The van der Waals surface area contributed by atoms with E-state index in [2.05, 4.69) is 17.2 Å². The first kappa shape index (κ1) is 20.0. The van der Waals surface area contributed by atoms with Crippen LogP contribution in [-0.2, 0) is 20.9 Å². The van der Waals surface area contributed by atoms with Crippen molar-refractivity contribution in [2.45, 2.75) is 27.4 Å². The molecule has 0 aliphatic carbocycles. The molecule has 0 fully saturated rings. The van der Waals surface area contributed by atoms with Gasteiger partial charge in [0.05, 0.1) is 23.6 Å². The zero-order chi connectivity index (χ0) is 18.8. The quantitative estimate of drug-likeness (QED) is 0.366. The number of hydrogen-bond acceptors (Lipinski definition) is 6. The largest absolute Gasteiger partial charge is 0.508 e. The van der Waals surface area contributed by atoms with E-state index >= 15 is 0 Å². The lowest BCUT2D eigenvalue weighted by Crippen LogP contribution is -2.19. The van der Waals surface area contributed by atoms with Gasteiger partial charge in [-0.2, -0.15) is 0 Å². The first-order chi connectivity index (χ1) is 11.8. The van der Waals surface area contributed by atoms with E-state index < -0.39 is 11.1 Å². The Morgan fingerprint density at radius 2 is 2.04 bits per heavy atom. The van der Waals surface area contributed by atoms with Crippen LogP contribution in [0.15, 0.2) is 18.2 Å². The van der Waals surface area contributed by atoms with E-state index in [9.17, 15) is 19.7 Å². The van der Waals surface area contributed by atoms with Crippen LogP contribution in [0.25, 0.3) is 0 Å². The lowest BCUT2D eigenvalue weighted by molar-refractivity contribution is -0.385. The van der Waals surface area contributed by atoms with Gasteiger partial charge in [0.25, 0.3) is 5.69 Å². The number of ether oxygens (including phenoxy) is 2. The maximum atomic E-state index is 11.5. The van der Waals surface area contributed by atoms with E-state index in [1.165, 1.54) is 25.1 Å². The van der Waals surface area contributed by atoms with Gasteiger partial charge in [-0.15, -0.1) is 0 Å². The minimum atomic E-state index is -0.884. The molecule has 1 aromatic carbocycles. The smallest absolute Gasteiger partial charge is 0.434 e. The van der Waals surface area contributed by atoms with Crippen LogP contribution in [0, 0.1) is 27.9 Å². The predicted octanol–water partition coefficient (Wildman–Crippen LogP) is 2.39. The van der Waals surface area contributed by atoms with E-state index in [1.807, 2.05) is 13.8 Å². The molecular formula is C17H20N2O6. The molecule has 1 aromatic rings. The third-order valence-electron chi connectivity index (χ3n) is 2.81. The Labute approximate surface area is 145 Å². The van der Waals surface area contributed by atoms with E-state index in [0.29, 0.717) is 5.56 Å². The topological polar surface area (TPSA) is 108 Å². The third-order valence-corrected chi connectivity index (χ3v) is 2.81. The summed E-state index contributed by atoms with van der Waals surface area (Å²) in [6, 6.07) is 4.24. The van der Waals surface area contributed by atoms with E-state index in [4.69, 9.17) is 9.47 Å². The molecule has 0 aromatic heterocycles. The Morgan fingerprint density at radius 1 is 1.32 bits per heavy atom. The number of hydrogen-bond donors (Lipinski definition) is 1. The first-order valence-electron chi connectivity index (χ1n) is 7.59. The van der Waals surface area contributed by atoms with Gasteiger partial charge in [0.15, 0.2) is 0 Å². The van der Waals surface area contributed by atoms with E-state index in [0.717, 1.165) is 0 Å². The van der Waals surface area contributed by atoms with Crippen molar-refractivity contribution in [1.29, 1.82) is 0 Å². The molecule has 0 aliphatic rings. The molecule has 0 spiro atoms. The van der Waals surface area contributed by atoms with Crippen molar-refractivity contribution < 1.29 is 24.0 Å². The van der Waals surface area contributed by atoms with Crippen LogP contribution in [0.2, 0.25) is 0 Å². The highest BCUT2D eigenvalue weighted by molar-refractivity contribution is 5.73. The summed E-state index contributed by atoms with van der Waals surface area (Å²) in [6.07, 6.45) is -0.884. The van der Waals surface area contributed by atoms with E-state index in [1.54, 1.807) is 0 Å². The second-order valence-electron chi connectivity index (χ2n) is 5.56. The lowest BCUT2D eigenvalue weighted by atomic mass is 10.1. The average molecular weight is 348 g/mol. The molecule has 134 valence electrons. The first-order valence-corrected chi connectivity index (χ1v) is 7.59. The predicted molar refractivity (Wildman–Crippen MR) is 89.6 cm³/mol. The number of amides is 1. The summed E-state index contributed by atoms with van der Waals surface area (Å²) in [5.41, 5.74) is 0.534. The Bertz CT molecular complexity index is 703. The zero-order valence-electron chi connectivity index (χ0n) is 14.3. The molecule has 0 saturated carbocycles. The molecule has 0 atom stereocenters.